The van der Waals surface area contributed by atoms with E-state index in [1.165, 1.54) is 7.11 Å². The molecule has 2 aliphatic rings. The van der Waals surface area contributed by atoms with E-state index in [0.717, 1.165) is 30.6 Å². The summed E-state index contributed by atoms with van der Waals surface area (Å²) in [4.78, 5) is 34.6. The molecule has 0 bridgehead atoms. The van der Waals surface area contributed by atoms with E-state index in [4.69, 9.17) is 13.9 Å². The van der Waals surface area contributed by atoms with Gasteiger partial charge in [0.2, 0.25) is 0 Å². The quantitative estimate of drug-likeness (QED) is 0.276. The van der Waals surface area contributed by atoms with Crippen LogP contribution < -0.4 is 15.0 Å². The van der Waals surface area contributed by atoms with E-state index >= 15 is 0 Å². The molecule has 9 nitrogen and oxygen atoms in total. The van der Waals surface area contributed by atoms with Gasteiger partial charge < -0.3 is 24.1 Å². The number of benzene rings is 1. The molecule has 2 fully saturated rings. The van der Waals surface area contributed by atoms with Crippen molar-refractivity contribution in [2.24, 2.45) is 0 Å². The molecule has 0 saturated carbocycles. The predicted molar refractivity (Wildman–Crippen MR) is 164 cm³/mol. The third-order valence-electron chi connectivity index (χ3n) is 8.79. The Hall–Kier alpha value is -3.57. The van der Waals surface area contributed by atoms with Crippen molar-refractivity contribution in [3.8, 4) is 5.75 Å². The molecule has 11 heteroatoms. The number of amides is 1. The van der Waals surface area contributed by atoms with E-state index in [9.17, 15) is 18.4 Å². The van der Waals surface area contributed by atoms with Crippen LogP contribution in [0.2, 0.25) is 0 Å². The van der Waals surface area contributed by atoms with Gasteiger partial charge in [-0.25, -0.2) is 13.8 Å². The number of hydrogen-bond donors (Lipinski definition) is 1. The maximum atomic E-state index is 14.2. The molecule has 0 radical (unpaired) electrons. The van der Waals surface area contributed by atoms with Gasteiger partial charge >= 0.3 is 0 Å². The number of carbonyl (C=O) groups excluding carboxylic acids is 2. The third-order valence-corrected chi connectivity index (χ3v) is 8.79. The van der Waals surface area contributed by atoms with E-state index < -0.39 is 5.92 Å². The standard InChI is InChI=1S/C33H42F2N4O5/c1-5-24-28(39(6-2)22-7-13-43-14-8-22)17-30-25(16-23(44-30)19-38-11-9-33(34,35)10-12-38)31(24)32(41)36-18-26-27(20-40)37-21(3)15-29(26)42-4/h15-17,20,22H,5-14,18-19H2,1-4H3,(H,36,41). The highest BCUT2D eigenvalue weighted by molar-refractivity contribution is 6.09. The van der Waals surface area contributed by atoms with Crippen molar-refractivity contribution in [1.29, 1.82) is 0 Å². The van der Waals surface area contributed by atoms with Crippen molar-refractivity contribution < 1.29 is 32.3 Å². The molecule has 238 valence electrons. The maximum Gasteiger partial charge on any atom is 0.252 e. The first kappa shape index (κ1) is 31.8. The number of aromatic nitrogens is 1. The average molecular weight is 613 g/mol. The molecule has 0 unspecified atom stereocenters. The SMILES string of the molecule is CCc1c(N(CC)C2CCOCC2)cc2oc(CN3CCC(F)(F)CC3)cc2c1C(=O)NCc1c(OC)cc(C)nc1C=O. The Balaban J connectivity index is 1.54. The minimum atomic E-state index is -2.63. The lowest BCUT2D eigenvalue weighted by molar-refractivity contribution is -0.0575. The Labute approximate surface area is 256 Å². The summed E-state index contributed by atoms with van der Waals surface area (Å²) in [6.07, 6.45) is 2.68. The van der Waals surface area contributed by atoms with Crippen molar-refractivity contribution in [3.63, 3.8) is 0 Å². The summed E-state index contributed by atoms with van der Waals surface area (Å²) in [6.45, 7) is 9.02. The van der Waals surface area contributed by atoms with Gasteiger partial charge in [-0.3, -0.25) is 14.5 Å². The van der Waals surface area contributed by atoms with Crippen molar-refractivity contribution in [1.82, 2.24) is 15.2 Å². The number of aldehydes is 1. The van der Waals surface area contributed by atoms with Gasteiger partial charge in [-0.15, -0.1) is 0 Å². The molecule has 5 rings (SSSR count). The summed E-state index contributed by atoms with van der Waals surface area (Å²) in [5.74, 6) is -1.83. The normalized spacial score (nSPS) is 17.5. The van der Waals surface area contributed by atoms with Gasteiger partial charge in [0.15, 0.2) is 6.29 Å². The largest absolute Gasteiger partial charge is 0.496 e. The van der Waals surface area contributed by atoms with Crippen molar-refractivity contribution in [2.75, 3.05) is 44.9 Å². The zero-order valence-corrected chi connectivity index (χ0v) is 26.0. The Morgan fingerprint density at radius 3 is 2.55 bits per heavy atom. The highest BCUT2D eigenvalue weighted by Crippen LogP contribution is 2.37. The van der Waals surface area contributed by atoms with E-state index in [-0.39, 0.29) is 50.1 Å². The number of rotatable bonds is 11. The number of carbonyl (C=O) groups is 2. The maximum absolute atomic E-state index is 14.2. The number of fused-ring (bicyclic) bond motifs is 1. The van der Waals surface area contributed by atoms with E-state index in [0.29, 0.717) is 71.8 Å². The van der Waals surface area contributed by atoms with E-state index in [1.54, 1.807) is 13.0 Å². The number of alkyl halides is 2. The number of methoxy groups -OCH3 is 1. The minimum absolute atomic E-state index is 0.0440. The summed E-state index contributed by atoms with van der Waals surface area (Å²) in [7, 11) is 1.52. The Kier molecular flexibility index (Phi) is 9.84. The molecule has 3 aromatic rings. The van der Waals surface area contributed by atoms with Crippen molar-refractivity contribution in [3.05, 3.63) is 52.0 Å². The average Bonchev–Trinajstić information content (AvgIpc) is 3.42. The fraction of sp³-hybridized carbons (Fsp3) is 0.545. The van der Waals surface area contributed by atoms with Gasteiger partial charge in [0.1, 0.15) is 22.8 Å². The lowest BCUT2D eigenvalue weighted by atomic mass is 9.95. The number of pyridine rings is 1. The second kappa shape index (κ2) is 13.6. The first-order valence-electron chi connectivity index (χ1n) is 15.5. The van der Waals surface area contributed by atoms with E-state index in [1.807, 2.05) is 24.0 Å². The van der Waals surface area contributed by atoms with Crippen LogP contribution in [0.4, 0.5) is 14.5 Å². The number of nitrogens with zero attached hydrogens (tertiary/aromatic N) is 3. The number of halogens is 2. The fourth-order valence-electron chi connectivity index (χ4n) is 6.50. The molecule has 2 saturated heterocycles. The van der Waals surface area contributed by atoms with Crippen LogP contribution in [0.1, 0.15) is 83.0 Å². The molecule has 4 heterocycles. The van der Waals surface area contributed by atoms with Gasteiger partial charge in [-0.05, 0) is 44.7 Å². The van der Waals surface area contributed by atoms with Crippen LogP contribution in [0, 0.1) is 6.92 Å². The second-order valence-electron chi connectivity index (χ2n) is 11.6. The molecule has 1 amide bonds. The molecule has 44 heavy (non-hydrogen) atoms. The Morgan fingerprint density at radius 2 is 1.91 bits per heavy atom. The molecule has 0 aliphatic carbocycles. The molecule has 2 aromatic heterocycles. The summed E-state index contributed by atoms with van der Waals surface area (Å²) in [6, 6.07) is 5.89. The number of anilines is 1. The lowest BCUT2D eigenvalue weighted by Crippen LogP contribution is -2.40. The number of aryl methyl sites for hydroxylation is 1. The smallest absolute Gasteiger partial charge is 0.252 e. The number of furan rings is 1. The number of nitrogens with one attached hydrogen (secondary N) is 1. The first-order valence-corrected chi connectivity index (χ1v) is 15.5. The predicted octanol–water partition coefficient (Wildman–Crippen LogP) is 5.69. The van der Waals surface area contributed by atoms with Crippen molar-refractivity contribution in [2.45, 2.75) is 77.9 Å². The highest BCUT2D eigenvalue weighted by Gasteiger charge is 2.34. The summed E-state index contributed by atoms with van der Waals surface area (Å²) in [5, 5.41) is 3.70. The van der Waals surface area contributed by atoms with Crippen LogP contribution in [0.3, 0.4) is 0 Å². The van der Waals surface area contributed by atoms with E-state index in [2.05, 4.69) is 22.1 Å². The first-order chi connectivity index (χ1) is 21.2. The number of hydrogen-bond acceptors (Lipinski definition) is 8. The van der Waals surface area contributed by atoms with Crippen LogP contribution in [-0.2, 0) is 24.2 Å². The van der Waals surface area contributed by atoms with Crippen LogP contribution in [0.15, 0.2) is 22.6 Å². The van der Waals surface area contributed by atoms with Crippen molar-refractivity contribution >= 4 is 28.8 Å². The molecule has 2 aliphatic heterocycles. The lowest BCUT2D eigenvalue weighted by Gasteiger charge is -2.37. The van der Waals surface area contributed by atoms with Gasteiger partial charge in [0.05, 0.1) is 19.2 Å². The van der Waals surface area contributed by atoms with Crippen LogP contribution in [0.25, 0.3) is 11.0 Å². The molecule has 1 aromatic carbocycles. The zero-order chi connectivity index (χ0) is 31.4. The fourth-order valence-corrected chi connectivity index (χ4v) is 6.50. The van der Waals surface area contributed by atoms with Gasteiger partial charge in [0, 0.05) is 92.7 Å². The van der Waals surface area contributed by atoms with Crippen LogP contribution in [-0.4, -0.2) is 74.0 Å². The third kappa shape index (κ3) is 6.73. The Bertz CT molecular complexity index is 1490. The molecule has 1 N–H and O–H groups in total. The highest BCUT2D eigenvalue weighted by atomic mass is 19.3. The van der Waals surface area contributed by atoms with Gasteiger partial charge in [0.25, 0.3) is 11.8 Å². The second-order valence-corrected chi connectivity index (χ2v) is 11.6. The summed E-state index contributed by atoms with van der Waals surface area (Å²) < 4.78 is 45.1. The molecular formula is C33H42F2N4O5. The van der Waals surface area contributed by atoms with Crippen LogP contribution in [0.5, 0.6) is 5.75 Å². The van der Waals surface area contributed by atoms with Gasteiger partial charge in [-0.1, -0.05) is 6.92 Å². The minimum Gasteiger partial charge on any atom is -0.496 e. The monoisotopic (exact) mass is 612 g/mol. The number of piperidine rings is 1. The van der Waals surface area contributed by atoms with Crippen LogP contribution >= 0.6 is 0 Å². The molecular weight excluding hydrogens is 570 g/mol. The summed E-state index contributed by atoms with van der Waals surface area (Å²) in [5.41, 5.74) is 4.29. The summed E-state index contributed by atoms with van der Waals surface area (Å²) >= 11 is 0. The van der Waals surface area contributed by atoms with Gasteiger partial charge in [-0.2, -0.15) is 0 Å². The molecule has 0 atom stereocenters. The Morgan fingerprint density at radius 1 is 1.18 bits per heavy atom. The number of ether oxygens (including phenoxy) is 2. The zero-order valence-electron chi connectivity index (χ0n) is 26.0. The molecule has 0 spiro atoms. The number of likely N-dealkylation sites (tertiary alicyclic amines) is 1. The topological polar surface area (TPSA) is 97.1 Å².